The molecule has 4 aromatic carbocycles. The fourth-order valence-electron chi connectivity index (χ4n) is 7.19. The molecular weight excluding hydrogens is 862 g/mol. The number of nitrogens with two attached hydrogens (primary N) is 1. The normalized spacial score (nSPS) is 13.1. The third kappa shape index (κ3) is 13.4. The second kappa shape index (κ2) is 23.3. The maximum Gasteiger partial charge on any atom is 0.338 e. The van der Waals surface area contributed by atoms with Crippen LogP contribution in [0.1, 0.15) is 80.8 Å². The summed E-state index contributed by atoms with van der Waals surface area (Å²) in [6.07, 6.45) is 4.15. The monoisotopic (exact) mass is 911 g/mol. The van der Waals surface area contributed by atoms with Crippen LogP contribution in [-0.2, 0) is 55.6 Å². The Balaban J connectivity index is 0.000000306. The second-order valence-corrected chi connectivity index (χ2v) is 14.8. The van der Waals surface area contributed by atoms with Crippen molar-refractivity contribution in [2.24, 2.45) is 5.73 Å². The van der Waals surface area contributed by atoms with Gasteiger partial charge >= 0.3 is 11.9 Å². The zero-order chi connectivity index (χ0) is 40.9. The summed E-state index contributed by atoms with van der Waals surface area (Å²) in [5, 5.41) is 30.7. The van der Waals surface area contributed by atoms with Gasteiger partial charge in [0.15, 0.2) is 0 Å². The molecule has 314 valence electrons. The van der Waals surface area contributed by atoms with Crippen LogP contribution >= 0.6 is 11.6 Å². The number of anilines is 2. The maximum absolute atomic E-state index is 12.1. The van der Waals surface area contributed by atoms with Crippen molar-refractivity contribution in [3.63, 3.8) is 0 Å². The number of ether oxygens (including phenoxy) is 2. The number of nitrogens with zero attached hydrogens (tertiary/aromatic N) is 5. The number of halogens is 1. The Kier molecular flexibility index (Phi) is 19.0. The van der Waals surface area contributed by atoms with Gasteiger partial charge in [0, 0.05) is 75.9 Å². The van der Waals surface area contributed by atoms with Crippen molar-refractivity contribution in [1.82, 2.24) is 0 Å². The minimum Gasteiger partial charge on any atom is -0.462 e. The van der Waals surface area contributed by atoms with Crippen LogP contribution in [0, 0.1) is 40.2 Å². The summed E-state index contributed by atoms with van der Waals surface area (Å²) in [6.45, 7) is 7.25. The molecule has 0 spiro atoms. The van der Waals surface area contributed by atoms with Crippen LogP contribution < -0.4 is 15.5 Å². The summed E-state index contributed by atoms with van der Waals surface area (Å²) in [5.41, 5.74) is 14.3. The average molecular weight is 913 g/mol. The van der Waals surface area contributed by atoms with E-state index in [1.807, 2.05) is 37.3 Å². The number of carbonyl (C=O) groups excluding carboxylic acids is 2. The molecular formula is C45H50ClN6O6Pd-. The van der Waals surface area contributed by atoms with Crippen molar-refractivity contribution >= 4 is 34.9 Å². The molecule has 2 aliphatic rings. The number of hydrogen-bond donors (Lipinski definition) is 1. The minimum absolute atomic E-state index is 0. The molecule has 12 nitrogen and oxygen atoms in total. The smallest absolute Gasteiger partial charge is 0.338 e. The fourth-order valence-corrected chi connectivity index (χ4v) is 7.32. The first-order valence-electron chi connectivity index (χ1n) is 19.1. The number of fused-ring (bicyclic) bond motifs is 2. The summed E-state index contributed by atoms with van der Waals surface area (Å²) in [4.78, 5) is 39.0. The summed E-state index contributed by atoms with van der Waals surface area (Å²) in [6, 6.07) is 27.3. The van der Waals surface area contributed by atoms with E-state index in [1.54, 1.807) is 49.4 Å². The van der Waals surface area contributed by atoms with E-state index in [0.29, 0.717) is 53.3 Å². The van der Waals surface area contributed by atoms with E-state index >= 15 is 0 Å². The number of nitriles is 2. The summed E-state index contributed by atoms with van der Waals surface area (Å²) >= 11 is 5.82. The number of hydrogen-bond acceptors (Lipinski definition) is 11. The number of carbonyl (C=O) groups is 2. The SMILES string of the molecule is CC(Cc1cc(C#N)c2c(c1)CCN2CCCOC(=O)c1ccc(Cl)cc1)[N+](=O)[O-].CC(N)Cc1cc(C#N)c2c(c1)CCN2CCCOC(=O)c1ccccc1.[CH3-].[Pd]. The maximum atomic E-state index is 12.1. The molecule has 0 amide bonds. The number of rotatable bonds is 15. The molecule has 2 atom stereocenters. The molecule has 59 heavy (non-hydrogen) atoms. The van der Waals surface area contributed by atoms with Gasteiger partial charge < -0.3 is 32.4 Å². The van der Waals surface area contributed by atoms with Crippen LogP contribution in [0.25, 0.3) is 0 Å². The van der Waals surface area contributed by atoms with Crippen molar-refractivity contribution < 1.29 is 44.4 Å². The van der Waals surface area contributed by atoms with Crippen LogP contribution in [0.2, 0.25) is 5.02 Å². The minimum atomic E-state index is -0.692. The summed E-state index contributed by atoms with van der Waals surface area (Å²) in [5.74, 6) is -0.688. The van der Waals surface area contributed by atoms with Crippen molar-refractivity contribution in [2.75, 3.05) is 49.2 Å². The molecule has 0 fully saturated rings. The number of benzene rings is 4. The molecule has 14 heteroatoms. The van der Waals surface area contributed by atoms with E-state index in [0.717, 1.165) is 73.4 Å². The van der Waals surface area contributed by atoms with E-state index in [4.69, 9.17) is 26.8 Å². The molecule has 2 N–H and O–H groups in total. The number of esters is 2. The first-order valence-corrected chi connectivity index (χ1v) is 19.5. The molecule has 0 saturated carbocycles. The largest absolute Gasteiger partial charge is 0.462 e. The summed E-state index contributed by atoms with van der Waals surface area (Å²) < 4.78 is 10.7. The van der Waals surface area contributed by atoms with Gasteiger partial charge in [0.05, 0.1) is 46.8 Å². The van der Waals surface area contributed by atoms with Crippen LogP contribution in [0.5, 0.6) is 0 Å². The Hall–Kier alpha value is -5.29. The molecule has 4 aromatic rings. The third-order valence-electron chi connectivity index (χ3n) is 9.82. The van der Waals surface area contributed by atoms with Crippen LogP contribution in [0.4, 0.5) is 11.4 Å². The van der Waals surface area contributed by atoms with Gasteiger partial charge in [-0.3, -0.25) is 10.1 Å². The Labute approximate surface area is 365 Å². The first kappa shape index (κ1) is 48.1. The van der Waals surface area contributed by atoms with Gasteiger partial charge in [-0.15, -0.1) is 0 Å². The van der Waals surface area contributed by atoms with Gasteiger partial charge in [-0.25, -0.2) is 9.59 Å². The zero-order valence-electron chi connectivity index (χ0n) is 33.6. The molecule has 2 aliphatic heterocycles. The fraction of sp³-hybridized carbons (Fsp3) is 0.356. The first-order chi connectivity index (χ1) is 27.5. The molecule has 0 saturated heterocycles. The Bertz CT molecular complexity index is 2140. The third-order valence-corrected chi connectivity index (χ3v) is 10.1. The van der Waals surface area contributed by atoms with Gasteiger partial charge in [0.25, 0.3) is 0 Å². The van der Waals surface area contributed by atoms with E-state index in [-0.39, 0.29) is 51.4 Å². The van der Waals surface area contributed by atoms with Gasteiger partial charge in [-0.2, -0.15) is 10.5 Å². The Morgan fingerprint density at radius 1 is 0.797 bits per heavy atom. The van der Waals surface area contributed by atoms with Crippen LogP contribution in [0.3, 0.4) is 0 Å². The van der Waals surface area contributed by atoms with E-state index in [9.17, 15) is 30.2 Å². The molecule has 2 heterocycles. The van der Waals surface area contributed by atoms with Crippen molar-refractivity contribution in [3.8, 4) is 12.1 Å². The van der Waals surface area contributed by atoms with E-state index in [1.165, 1.54) is 5.56 Å². The standard InChI is InChI=1S/C22H22ClN3O4.C22H25N3O2.CH3.Pd/c1-15(26(28)29)11-16-12-18-7-9-25(21(18)19(13-16)14-24)8-2-10-30-22(27)17-3-5-20(23)6-4-17;1-16(24)12-17-13-19-8-10-25(21(19)20(14-17)15-23)9-5-11-27-22(26)18-6-3-2-4-7-18;;/h3-6,12-13,15H,2,7-11H2,1H3;2-4,6-7,13-14,16H,5,8-12,24H2,1H3;1H3;/q;;-1;. The Morgan fingerprint density at radius 3 is 1.69 bits per heavy atom. The van der Waals surface area contributed by atoms with Crippen molar-refractivity contribution in [3.05, 3.63) is 146 Å². The van der Waals surface area contributed by atoms with Crippen LogP contribution in [-0.4, -0.2) is 68.3 Å². The van der Waals surface area contributed by atoms with Crippen molar-refractivity contribution in [1.29, 1.82) is 10.5 Å². The van der Waals surface area contributed by atoms with Crippen LogP contribution in [0.15, 0.2) is 78.9 Å². The molecule has 0 radical (unpaired) electrons. The zero-order valence-corrected chi connectivity index (χ0v) is 35.9. The predicted molar refractivity (Wildman–Crippen MR) is 226 cm³/mol. The van der Waals surface area contributed by atoms with Gasteiger partial charge in [0.1, 0.15) is 12.1 Å². The average Bonchev–Trinajstić information content (AvgIpc) is 3.81. The molecule has 0 bridgehead atoms. The van der Waals surface area contributed by atoms with Gasteiger partial charge in [-0.05, 0) is 110 Å². The topological polar surface area (TPSA) is 176 Å². The van der Waals surface area contributed by atoms with E-state index < -0.39 is 12.0 Å². The quantitative estimate of drug-likeness (QED) is 0.0312. The molecule has 0 aliphatic carbocycles. The predicted octanol–water partition coefficient (Wildman–Crippen LogP) is 7.53. The van der Waals surface area contributed by atoms with Crippen molar-refractivity contribution in [2.45, 2.75) is 64.5 Å². The number of nitro groups is 1. The molecule has 2 unspecified atom stereocenters. The van der Waals surface area contributed by atoms with E-state index in [2.05, 4.69) is 28.0 Å². The summed E-state index contributed by atoms with van der Waals surface area (Å²) in [7, 11) is 0. The molecule has 0 aromatic heterocycles. The van der Waals surface area contributed by atoms with Gasteiger partial charge in [-0.1, -0.05) is 41.9 Å². The Morgan fingerprint density at radius 2 is 1.25 bits per heavy atom. The second-order valence-electron chi connectivity index (χ2n) is 14.4. The molecule has 6 rings (SSSR count). The van der Waals surface area contributed by atoms with Gasteiger partial charge in [0.2, 0.25) is 6.04 Å².